The Kier molecular flexibility index (Phi) is 64.7. The number of carbonyl (C=O) groups is 6. The maximum atomic E-state index is 13.7. The minimum atomic E-state index is -4.85. The molecule has 4 amide bonds. The number of nitrogens with one attached hydrogen (secondary N) is 4. The Balaban J connectivity index is 3.03. The summed E-state index contributed by atoms with van der Waals surface area (Å²) >= 11 is 0. The predicted molar refractivity (Wildman–Crippen MR) is 429 cm³/mol. The van der Waals surface area contributed by atoms with Crippen molar-refractivity contribution in [3.05, 3.63) is 53.6 Å². The second kappa shape index (κ2) is 68.9. The van der Waals surface area contributed by atoms with Crippen LogP contribution in [0.4, 0.5) is 0 Å². The number of aliphatic hydroxyl groups excluding tert-OH is 2. The number of benzene rings is 1. The molecule has 0 bridgehead atoms. The molecule has 0 saturated heterocycles. The molecule has 109 heavy (non-hydrogen) atoms. The second-order valence-electron chi connectivity index (χ2n) is 28.9. The monoisotopic (exact) mass is 1590 g/mol. The summed E-state index contributed by atoms with van der Waals surface area (Å²) in [5, 5.41) is 42.4. The highest BCUT2D eigenvalue weighted by Crippen LogP contribution is 2.44. The molecule has 1 aromatic carbocycles. The van der Waals surface area contributed by atoms with E-state index in [2.05, 4.69) is 87.1 Å². The van der Waals surface area contributed by atoms with Crippen molar-refractivity contribution < 1.29 is 100 Å². The van der Waals surface area contributed by atoms with Crippen LogP contribution in [-0.4, -0.2) is 163 Å². The average molecular weight is 1590 g/mol. The molecule has 25 nitrogen and oxygen atoms in total. The van der Waals surface area contributed by atoms with E-state index in [0.29, 0.717) is 51.4 Å². The van der Waals surface area contributed by atoms with E-state index >= 15 is 0 Å². The van der Waals surface area contributed by atoms with Gasteiger partial charge >= 0.3 is 27.6 Å². The van der Waals surface area contributed by atoms with Crippen LogP contribution >= 0.6 is 15.6 Å². The van der Waals surface area contributed by atoms with Gasteiger partial charge in [0.25, 0.3) is 11.8 Å². The number of phosphoric ester groups is 2. The minimum Gasteiger partial charge on any atom is -0.508 e. The number of phenols is 1. The van der Waals surface area contributed by atoms with Crippen molar-refractivity contribution in [3.8, 4) is 5.75 Å². The van der Waals surface area contributed by atoms with Gasteiger partial charge in [-0.1, -0.05) is 220 Å². The largest absolute Gasteiger partial charge is 0.508 e. The number of aliphatic hydroxyl groups is 2. The highest BCUT2D eigenvalue weighted by atomic mass is 31.2. The molecular formula is C82H148N4O21P2. The molecule has 0 aliphatic heterocycles. The molecule has 0 aromatic heterocycles. The van der Waals surface area contributed by atoms with Gasteiger partial charge in [0.05, 0.1) is 76.8 Å². The van der Waals surface area contributed by atoms with Gasteiger partial charge in [-0.2, -0.15) is 0 Å². The Morgan fingerprint density at radius 1 is 0.394 bits per heavy atom. The van der Waals surface area contributed by atoms with E-state index in [0.717, 1.165) is 185 Å². The predicted octanol–water partition coefficient (Wildman–Crippen LogP) is 17.1. The number of unbranched alkanes of at least 4 members (excludes halogenated alkanes) is 26. The van der Waals surface area contributed by atoms with Crippen molar-refractivity contribution in [1.82, 2.24) is 21.3 Å². The van der Waals surface area contributed by atoms with Crippen LogP contribution in [-0.2, 0) is 65.4 Å². The fourth-order valence-electron chi connectivity index (χ4n) is 12.0. The number of ether oxygens (including phenoxy) is 4. The quantitative estimate of drug-likeness (QED) is 0.0127. The smallest absolute Gasteiger partial charge is 0.472 e. The number of esters is 2. The number of phenolic OH excluding ortho intramolecular Hbond substituents is 1. The van der Waals surface area contributed by atoms with Gasteiger partial charge in [0.15, 0.2) is 0 Å². The van der Waals surface area contributed by atoms with Crippen LogP contribution in [0.2, 0.25) is 0 Å². The Labute approximate surface area is 655 Å². The molecule has 0 saturated carbocycles. The van der Waals surface area contributed by atoms with Gasteiger partial charge in [0.1, 0.15) is 18.0 Å². The number of aromatic hydroxyl groups is 1. The molecule has 8 atom stereocenters. The molecular weight excluding hydrogens is 1440 g/mol. The Hall–Kier alpha value is -4.62. The maximum absolute atomic E-state index is 13.7. The molecule has 27 heteroatoms. The molecule has 0 fully saturated rings. The van der Waals surface area contributed by atoms with E-state index < -0.39 is 120 Å². The van der Waals surface area contributed by atoms with Crippen LogP contribution in [0, 0.1) is 0 Å². The highest BCUT2D eigenvalue weighted by Gasteiger charge is 2.29. The molecule has 1 rings (SSSR count). The van der Waals surface area contributed by atoms with E-state index in [9.17, 15) is 63.0 Å². The molecule has 0 spiro atoms. The number of rotatable bonds is 76. The Morgan fingerprint density at radius 3 is 1.06 bits per heavy atom. The first kappa shape index (κ1) is 102. The number of hydrogen-bond donors (Lipinski definition) is 9. The highest BCUT2D eigenvalue weighted by molar-refractivity contribution is 7.47. The molecule has 6 unspecified atom stereocenters. The van der Waals surface area contributed by atoms with E-state index in [4.69, 9.17) is 37.0 Å². The van der Waals surface area contributed by atoms with Gasteiger partial charge in [-0.15, -0.1) is 0 Å². The van der Waals surface area contributed by atoms with Crippen LogP contribution in [0.5, 0.6) is 5.75 Å². The zero-order valence-electron chi connectivity index (χ0n) is 67.9. The first-order valence-corrected chi connectivity index (χ1v) is 45.0. The first-order chi connectivity index (χ1) is 52.6. The van der Waals surface area contributed by atoms with Crippen molar-refractivity contribution in [2.75, 3.05) is 65.9 Å². The molecule has 0 heterocycles. The van der Waals surface area contributed by atoms with E-state index in [1.54, 1.807) is 0 Å². The van der Waals surface area contributed by atoms with Gasteiger partial charge in [-0.3, -0.25) is 46.9 Å². The summed E-state index contributed by atoms with van der Waals surface area (Å²) < 4.78 is 71.0. The van der Waals surface area contributed by atoms with Gasteiger partial charge in [0.2, 0.25) is 11.8 Å². The lowest BCUT2D eigenvalue weighted by Crippen LogP contribution is -2.43. The Bertz CT molecular complexity index is 2490. The van der Waals surface area contributed by atoms with E-state index in [-0.39, 0.29) is 76.3 Å². The third-order valence-electron chi connectivity index (χ3n) is 18.4. The molecule has 9 N–H and O–H groups in total. The van der Waals surface area contributed by atoms with Gasteiger partial charge in [0, 0.05) is 50.3 Å². The lowest BCUT2D eigenvalue weighted by molar-refractivity contribution is -0.152. The topological polar surface area (TPSA) is 360 Å². The number of allylic oxidation sites excluding steroid dienone is 4. The van der Waals surface area contributed by atoms with Crippen molar-refractivity contribution >= 4 is 51.2 Å². The summed E-state index contributed by atoms with van der Waals surface area (Å²) in [4.78, 5) is 102. The van der Waals surface area contributed by atoms with Gasteiger partial charge in [-0.05, 0) is 121 Å². The third-order valence-corrected chi connectivity index (χ3v) is 20.4. The maximum Gasteiger partial charge on any atom is 0.472 e. The normalized spacial score (nSPS) is 14.5. The SMILES string of the molecule is CCCCCCC=CCCCC(=O)O[C@H](CCCCCCC)CC(=O)NC(COCCC(O)CCCCCCC)COP(=O)(O)OCCNC(=O)c1cc(O)cc(C(=O)NCCOP(=O)(O)OCC(COCCC(O)CCCCCCC)NC(=O)C[C@@H](CCCCCCC)OC(=O)CCCC=CCCCCCC)c1. The summed E-state index contributed by atoms with van der Waals surface area (Å²) in [6, 6.07) is 1.37. The van der Waals surface area contributed by atoms with Crippen molar-refractivity contribution in [2.24, 2.45) is 0 Å². The van der Waals surface area contributed by atoms with Crippen molar-refractivity contribution in [2.45, 2.75) is 361 Å². The third kappa shape index (κ3) is 61.6. The van der Waals surface area contributed by atoms with Crippen LogP contribution in [0.15, 0.2) is 42.5 Å². The first-order valence-electron chi connectivity index (χ1n) is 42.0. The Morgan fingerprint density at radius 2 is 0.716 bits per heavy atom. The zero-order chi connectivity index (χ0) is 80.3. The van der Waals surface area contributed by atoms with Crippen LogP contribution in [0.3, 0.4) is 0 Å². The lowest BCUT2D eigenvalue weighted by atomic mass is 10.1. The van der Waals surface area contributed by atoms with Crippen LogP contribution < -0.4 is 21.3 Å². The molecule has 632 valence electrons. The minimum absolute atomic E-state index is 0.132. The summed E-state index contributed by atoms with van der Waals surface area (Å²) in [6.45, 7) is 9.95. The number of amides is 4. The molecule has 0 radical (unpaired) electrons. The van der Waals surface area contributed by atoms with Crippen molar-refractivity contribution in [1.29, 1.82) is 0 Å². The fraction of sp³-hybridized carbons (Fsp3) is 0.805. The molecule has 1 aromatic rings. The van der Waals surface area contributed by atoms with E-state index in [1.807, 2.05) is 0 Å². The number of phosphoric acid groups is 2. The van der Waals surface area contributed by atoms with Gasteiger partial charge in [-0.25, -0.2) is 9.13 Å². The summed E-state index contributed by atoms with van der Waals surface area (Å²) in [5.41, 5.74) is -0.358. The van der Waals surface area contributed by atoms with Gasteiger partial charge < -0.3 is 65.3 Å². The van der Waals surface area contributed by atoms with Crippen molar-refractivity contribution in [3.63, 3.8) is 0 Å². The summed E-state index contributed by atoms with van der Waals surface area (Å²) in [7, 11) is -9.70. The lowest BCUT2D eigenvalue weighted by Gasteiger charge is -2.23. The molecule has 0 aliphatic carbocycles. The second-order valence-corrected chi connectivity index (χ2v) is 31.8. The average Bonchev–Trinajstić information content (AvgIpc) is 0.848. The standard InChI is InChI=1S/C82H148N4O21P2/c1-7-13-19-25-27-29-31-37-43-49-79(92)106-75(47-41-35-23-17-11-5)62-77(90)85-70(64-100-55-51-72(87)45-39-33-21-15-9-3)66-104-108(96,97)102-57-53-83-81(94)68-59-69(61-74(89)60-68)82(95)84-54-58-103-109(98,99)105-67-71(65-101-56-52-73(88)46-40-34-22-16-10-4)86-78(91)63-76(48-42-36-24-18-12-6)107-80(93)50-44-38-32-30-28-26-20-14-8-2/h29-32,59-61,70-73,75-76,87-89H,7-28,33-58,62-67H2,1-6H3,(H,83,94)(H,84,95)(H,85,90)(H,86,91)(H,96,97)(H,98,99)/t70?,71?,72?,73?,75-,76-/m1/s1. The summed E-state index contributed by atoms with van der Waals surface area (Å²) in [5.74, 6) is -3.85. The van der Waals surface area contributed by atoms with Crippen LogP contribution in [0.1, 0.15) is 345 Å². The summed E-state index contributed by atoms with van der Waals surface area (Å²) in [6.07, 6.45) is 43.0. The number of hydrogen-bond acceptors (Lipinski definition) is 19. The molecule has 0 aliphatic rings. The zero-order valence-corrected chi connectivity index (χ0v) is 69.6. The fourth-order valence-corrected chi connectivity index (χ4v) is 13.5. The number of carbonyl (C=O) groups excluding carboxylic acids is 6. The van der Waals surface area contributed by atoms with Crippen LogP contribution in [0.25, 0.3) is 0 Å². The van der Waals surface area contributed by atoms with E-state index in [1.165, 1.54) is 38.5 Å².